The number of hydrogen-bond donors (Lipinski definition) is 2. The molecule has 1 saturated carbocycles. The van der Waals surface area contributed by atoms with Crippen molar-refractivity contribution >= 4 is 5.91 Å². The van der Waals surface area contributed by atoms with Gasteiger partial charge in [0.05, 0.1) is 13.0 Å². The molecule has 0 aliphatic heterocycles. The largest absolute Gasteiger partial charge is 0.381 e. The van der Waals surface area contributed by atoms with Crippen LogP contribution in [0.2, 0.25) is 0 Å². The zero-order valence-corrected chi connectivity index (χ0v) is 6.51. The Morgan fingerprint density at radius 2 is 2.36 bits per heavy atom. The van der Waals surface area contributed by atoms with Crippen LogP contribution in [0.5, 0.6) is 0 Å². The Balaban J connectivity index is 1.82. The molecule has 3 N–H and O–H groups in total. The molecule has 0 atom stereocenters. The van der Waals surface area contributed by atoms with Crippen molar-refractivity contribution in [1.29, 1.82) is 0 Å². The predicted octanol–water partition coefficient (Wildman–Crippen LogP) is -0.207. The number of nitrogens with one attached hydrogen (secondary N) is 1. The van der Waals surface area contributed by atoms with Crippen molar-refractivity contribution < 1.29 is 9.53 Å². The second kappa shape index (κ2) is 4.31. The maximum Gasteiger partial charge on any atom is 0.236 e. The van der Waals surface area contributed by atoms with E-state index in [-0.39, 0.29) is 5.91 Å². The molecule has 64 valence electrons. The highest BCUT2D eigenvalue weighted by Crippen LogP contribution is 2.28. The van der Waals surface area contributed by atoms with Crippen LogP contribution in [-0.2, 0) is 9.53 Å². The van der Waals surface area contributed by atoms with Gasteiger partial charge in [-0.3, -0.25) is 10.2 Å². The number of rotatable bonds is 5. The summed E-state index contributed by atoms with van der Waals surface area (Å²) in [6.07, 6.45) is 2.93. The molecule has 0 spiro atoms. The molecule has 0 unspecified atom stereocenters. The van der Waals surface area contributed by atoms with Crippen LogP contribution < -0.4 is 11.3 Å². The molecule has 1 fully saturated rings. The zero-order valence-electron chi connectivity index (χ0n) is 6.51. The summed E-state index contributed by atoms with van der Waals surface area (Å²) in [6, 6.07) is 0. The highest BCUT2D eigenvalue weighted by molar-refractivity contribution is 5.75. The third-order valence-electron chi connectivity index (χ3n) is 1.68. The molecule has 0 bridgehead atoms. The van der Waals surface area contributed by atoms with Gasteiger partial charge in [0, 0.05) is 6.61 Å². The molecule has 1 amide bonds. The van der Waals surface area contributed by atoms with E-state index in [9.17, 15) is 4.79 Å². The summed E-state index contributed by atoms with van der Waals surface area (Å²) in [6.45, 7) is 1.29. The van der Waals surface area contributed by atoms with E-state index in [1.807, 2.05) is 5.43 Å². The topological polar surface area (TPSA) is 64.3 Å². The first-order valence-corrected chi connectivity index (χ1v) is 3.90. The fourth-order valence-electron chi connectivity index (χ4n) is 0.772. The molecule has 0 aromatic carbocycles. The van der Waals surface area contributed by atoms with Crippen LogP contribution in [-0.4, -0.2) is 19.1 Å². The number of ether oxygens (including phenoxy) is 1. The fourth-order valence-corrected chi connectivity index (χ4v) is 0.772. The number of hydrogen-bond acceptors (Lipinski definition) is 3. The van der Waals surface area contributed by atoms with E-state index in [1.165, 1.54) is 12.8 Å². The van der Waals surface area contributed by atoms with Crippen molar-refractivity contribution in [2.45, 2.75) is 19.3 Å². The van der Waals surface area contributed by atoms with Gasteiger partial charge < -0.3 is 4.74 Å². The first-order chi connectivity index (χ1) is 5.33. The molecule has 0 heterocycles. The quantitative estimate of drug-likeness (QED) is 0.252. The van der Waals surface area contributed by atoms with E-state index in [2.05, 4.69) is 0 Å². The Kier molecular flexibility index (Phi) is 3.32. The van der Waals surface area contributed by atoms with Crippen molar-refractivity contribution in [3.05, 3.63) is 0 Å². The lowest BCUT2D eigenvalue weighted by Crippen LogP contribution is -2.30. The normalized spacial score (nSPS) is 16.5. The first kappa shape index (κ1) is 8.49. The van der Waals surface area contributed by atoms with Crippen LogP contribution in [0.25, 0.3) is 0 Å². The molecule has 1 aliphatic rings. The van der Waals surface area contributed by atoms with E-state index >= 15 is 0 Å². The Bertz CT molecular complexity index is 134. The molecule has 0 saturated heterocycles. The van der Waals surface area contributed by atoms with Gasteiger partial charge in [0.15, 0.2) is 0 Å². The minimum Gasteiger partial charge on any atom is -0.381 e. The first-order valence-electron chi connectivity index (χ1n) is 3.90. The van der Waals surface area contributed by atoms with E-state index in [0.29, 0.717) is 13.0 Å². The van der Waals surface area contributed by atoms with Crippen molar-refractivity contribution in [3.63, 3.8) is 0 Å². The Morgan fingerprint density at radius 1 is 1.64 bits per heavy atom. The predicted molar refractivity (Wildman–Crippen MR) is 40.5 cm³/mol. The average molecular weight is 158 g/mol. The summed E-state index contributed by atoms with van der Waals surface area (Å²) < 4.78 is 5.21. The molecule has 0 aromatic heterocycles. The number of nitrogens with two attached hydrogens (primary N) is 1. The Labute approximate surface area is 66.1 Å². The highest BCUT2D eigenvalue weighted by Gasteiger charge is 2.20. The fraction of sp³-hybridized carbons (Fsp3) is 0.857. The minimum atomic E-state index is -0.166. The van der Waals surface area contributed by atoms with Gasteiger partial charge in [-0.05, 0) is 18.8 Å². The van der Waals surface area contributed by atoms with Crippen LogP contribution in [0.15, 0.2) is 0 Å². The van der Waals surface area contributed by atoms with Crippen LogP contribution in [0.1, 0.15) is 19.3 Å². The van der Waals surface area contributed by atoms with Crippen LogP contribution in [0.3, 0.4) is 0 Å². The van der Waals surface area contributed by atoms with Crippen molar-refractivity contribution in [3.8, 4) is 0 Å². The molecular weight excluding hydrogens is 144 g/mol. The third-order valence-corrected chi connectivity index (χ3v) is 1.68. The van der Waals surface area contributed by atoms with Crippen molar-refractivity contribution in [2.24, 2.45) is 11.8 Å². The Hall–Kier alpha value is -0.610. The van der Waals surface area contributed by atoms with E-state index < -0.39 is 0 Å². The van der Waals surface area contributed by atoms with E-state index in [1.54, 1.807) is 0 Å². The molecule has 11 heavy (non-hydrogen) atoms. The second-order valence-corrected chi connectivity index (χ2v) is 2.84. The maximum atomic E-state index is 10.6. The van der Waals surface area contributed by atoms with Gasteiger partial charge in [-0.25, -0.2) is 5.84 Å². The highest BCUT2D eigenvalue weighted by atomic mass is 16.5. The third kappa shape index (κ3) is 3.95. The number of carbonyl (C=O) groups excluding carboxylic acids is 1. The van der Waals surface area contributed by atoms with Crippen LogP contribution >= 0.6 is 0 Å². The van der Waals surface area contributed by atoms with E-state index in [4.69, 9.17) is 10.6 Å². The summed E-state index contributed by atoms with van der Waals surface area (Å²) in [7, 11) is 0. The second-order valence-electron chi connectivity index (χ2n) is 2.84. The zero-order chi connectivity index (χ0) is 8.10. The molecular formula is C7H14N2O2. The standard InChI is InChI=1S/C7H14N2O2/c8-9-7(10)3-4-11-5-6-1-2-6/h6H,1-5,8H2,(H,9,10). The van der Waals surface area contributed by atoms with Crippen molar-refractivity contribution in [1.82, 2.24) is 5.43 Å². The molecule has 1 aliphatic carbocycles. The summed E-state index contributed by atoms with van der Waals surface area (Å²) >= 11 is 0. The summed E-state index contributed by atoms with van der Waals surface area (Å²) in [4.78, 5) is 10.6. The molecule has 0 radical (unpaired) electrons. The number of carbonyl (C=O) groups is 1. The lowest BCUT2D eigenvalue weighted by Gasteiger charge is -2.00. The van der Waals surface area contributed by atoms with Crippen LogP contribution in [0.4, 0.5) is 0 Å². The maximum absolute atomic E-state index is 10.6. The minimum absolute atomic E-state index is 0.166. The smallest absolute Gasteiger partial charge is 0.236 e. The van der Waals surface area contributed by atoms with Gasteiger partial charge in [-0.1, -0.05) is 0 Å². The van der Waals surface area contributed by atoms with Gasteiger partial charge in [0.1, 0.15) is 0 Å². The monoisotopic (exact) mass is 158 g/mol. The molecule has 1 rings (SSSR count). The van der Waals surface area contributed by atoms with Gasteiger partial charge in [-0.2, -0.15) is 0 Å². The molecule has 0 aromatic rings. The van der Waals surface area contributed by atoms with Gasteiger partial charge in [0.25, 0.3) is 0 Å². The number of hydrazine groups is 1. The Morgan fingerprint density at radius 3 is 2.91 bits per heavy atom. The van der Waals surface area contributed by atoms with E-state index in [0.717, 1.165) is 12.5 Å². The SMILES string of the molecule is NNC(=O)CCOCC1CC1. The lowest BCUT2D eigenvalue weighted by atomic mass is 10.4. The van der Waals surface area contributed by atoms with Crippen molar-refractivity contribution in [2.75, 3.05) is 13.2 Å². The van der Waals surface area contributed by atoms with Gasteiger partial charge in [0.2, 0.25) is 5.91 Å². The number of amides is 1. The average Bonchev–Trinajstić information content (AvgIpc) is 2.81. The van der Waals surface area contributed by atoms with Gasteiger partial charge in [-0.15, -0.1) is 0 Å². The van der Waals surface area contributed by atoms with Crippen LogP contribution in [0, 0.1) is 5.92 Å². The lowest BCUT2D eigenvalue weighted by molar-refractivity contribution is -0.122. The summed E-state index contributed by atoms with van der Waals surface area (Å²) in [5.41, 5.74) is 2.05. The summed E-state index contributed by atoms with van der Waals surface area (Å²) in [5, 5.41) is 0. The summed E-state index contributed by atoms with van der Waals surface area (Å²) in [5.74, 6) is 5.47. The molecule has 4 heteroatoms. The van der Waals surface area contributed by atoms with Gasteiger partial charge >= 0.3 is 0 Å². The molecule has 4 nitrogen and oxygen atoms in total.